The van der Waals surface area contributed by atoms with Crippen LogP contribution < -0.4 is 0 Å². The Hall–Kier alpha value is -1.84. The minimum absolute atomic E-state index is 0.519. The molecule has 0 saturated heterocycles. The summed E-state index contributed by atoms with van der Waals surface area (Å²) in [7, 11) is 0. The van der Waals surface area contributed by atoms with E-state index in [1.54, 1.807) is 18.7 Å². The van der Waals surface area contributed by atoms with E-state index in [1.165, 1.54) is 15.7 Å². The van der Waals surface area contributed by atoms with Gasteiger partial charge in [-0.25, -0.2) is 0 Å². The Kier molecular flexibility index (Phi) is 3.72. The summed E-state index contributed by atoms with van der Waals surface area (Å²) in [6.07, 6.45) is 1.29. The highest BCUT2D eigenvalue weighted by Crippen LogP contribution is 2.30. The van der Waals surface area contributed by atoms with Crippen molar-refractivity contribution >= 4 is 22.5 Å². The van der Waals surface area contributed by atoms with Crippen LogP contribution in [0.4, 0.5) is 0 Å². The van der Waals surface area contributed by atoms with E-state index in [2.05, 4.69) is 41.4 Å². The Morgan fingerprint density at radius 1 is 0.950 bits per heavy atom. The average molecular weight is 281 g/mol. The van der Waals surface area contributed by atoms with Crippen molar-refractivity contribution in [1.29, 1.82) is 0 Å². The van der Waals surface area contributed by atoms with Gasteiger partial charge in [-0.2, -0.15) is 0 Å². The van der Waals surface area contributed by atoms with Crippen LogP contribution in [0.2, 0.25) is 0 Å². The quantitative estimate of drug-likeness (QED) is 0.770. The lowest BCUT2D eigenvalue weighted by atomic mass is 10.1. The summed E-state index contributed by atoms with van der Waals surface area (Å²) in [6, 6.07) is 18.6. The summed E-state index contributed by atoms with van der Waals surface area (Å²) in [5.74, 6) is 0. The van der Waals surface area contributed by atoms with Crippen LogP contribution in [-0.4, -0.2) is 10.1 Å². The molecule has 1 atom stereocenters. The number of fused-ring (bicyclic) bond motifs is 1. The van der Waals surface area contributed by atoms with Crippen LogP contribution in [0.15, 0.2) is 70.6 Å². The number of aliphatic hydroxyl groups excluding tert-OH is 1. The van der Waals surface area contributed by atoms with Gasteiger partial charge in [0.05, 0.1) is 11.8 Å². The van der Waals surface area contributed by atoms with E-state index >= 15 is 0 Å². The molecule has 0 amide bonds. The molecule has 3 aromatic rings. The van der Waals surface area contributed by atoms with Gasteiger partial charge in [-0.1, -0.05) is 42.1 Å². The second-order valence-electron chi connectivity index (χ2n) is 4.71. The van der Waals surface area contributed by atoms with Crippen LogP contribution in [0.5, 0.6) is 0 Å². The molecule has 0 bridgehead atoms. The largest absolute Gasteiger partial charge is 0.387 e. The summed E-state index contributed by atoms with van der Waals surface area (Å²) in [5.41, 5.74) is 0.702. The molecule has 20 heavy (non-hydrogen) atoms. The van der Waals surface area contributed by atoms with Crippen LogP contribution in [0, 0.1) is 0 Å². The highest BCUT2D eigenvalue weighted by Gasteiger charge is 2.03. The minimum Gasteiger partial charge on any atom is -0.387 e. The first-order valence-electron chi connectivity index (χ1n) is 6.53. The zero-order valence-corrected chi connectivity index (χ0v) is 12.0. The van der Waals surface area contributed by atoms with E-state index in [4.69, 9.17) is 0 Å². The van der Waals surface area contributed by atoms with E-state index in [0.717, 1.165) is 4.90 Å². The van der Waals surface area contributed by atoms with E-state index in [9.17, 15) is 5.11 Å². The van der Waals surface area contributed by atoms with Crippen LogP contribution in [0.3, 0.4) is 0 Å². The van der Waals surface area contributed by atoms with Gasteiger partial charge in [0.1, 0.15) is 0 Å². The fourth-order valence-corrected chi connectivity index (χ4v) is 2.90. The Bertz CT molecular complexity index is 722. The molecule has 2 aromatic carbocycles. The molecule has 1 N–H and O–H groups in total. The lowest BCUT2D eigenvalue weighted by Gasteiger charge is -2.06. The third-order valence-electron chi connectivity index (χ3n) is 3.14. The molecule has 0 unspecified atom stereocenters. The van der Waals surface area contributed by atoms with Crippen molar-refractivity contribution in [2.24, 2.45) is 0 Å². The molecule has 0 aliphatic carbocycles. The highest BCUT2D eigenvalue weighted by atomic mass is 32.2. The molecule has 0 radical (unpaired) electrons. The second-order valence-corrected chi connectivity index (χ2v) is 5.85. The molecule has 0 spiro atoms. The first kappa shape index (κ1) is 13.2. The summed E-state index contributed by atoms with van der Waals surface area (Å²) >= 11 is 1.68. The molecule has 1 aromatic heterocycles. The average Bonchev–Trinajstić information content (AvgIpc) is 2.48. The molecular weight excluding hydrogens is 266 g/mol. The van der Waals surface area contributed by atoms with Crippen LogP contribution in [0.1, 0.15) is 18.7 Å². The van der Waals surface area contributed by atoms with Gasteiger partial charge in [-0.15, -0.1) is 0 Å². The van der Waals surface area contributed by atoms with Crippen molar-refractivity contribution in [2.45, 2.75) is 22.8 Å². The smallest absolute Gasteiger partial charge is 0.0931 e. The van der Waals surface area contributed by atoms with Gasteiger partial charge in [0.15, 0.2) is 0 Å². The van der Waals surface area contributed by atoms with Crippen molar-refractivity contribution in [3.63, 3.8) is 0 Å². The van der Waals surface area contributed by atoms with Crippen molar-refractivity contribution in [3.8, 4) is 0 Å². The van der Waals surface area contributed by atoms with E-state index in [1.807, 2.05) is 24.4 Å². The minimum atomic E-state index is -0.519. The Labute approximate surface area is 122 Å². The standard InChI is InChI=1S/C17H15NOS/c1-12(19)17-9-8-16(11-18-17)20-15-7-6-13-4-2-3-5-14(13)10-15/h2-12,19H,1H3/t12-/m0/s1. The Morgan fingerprint density at radius 2 is 1.70 bits per heavy atom. The Morgan fingerprint density at radius 3 is 2.40 bits per heavy atom. The van der Waals surface area contributed by atoms with Gasteiger partial charge in [-0.3, -0.25) is 4.98 Å². The molecule has 1 heterocycles. The zero-order valence-electron chi connectivity index (χ0n) is 11.2. The van der Waals surface area contributed by atoms with Crippen molar-refractivity contribution in [1.82, 2.24) is 4.98 Å². The number of nitrogens with zero attached hydrogens (tertiary/aromatic N) is 1. The monoisotopic (exact) mass is 281 g/mol. The van der Waals surface area contributed by atoms with Gasteiger partial charge in [0.2, 0.25) is 0 Å². The maximum absolute atomic E-state index is 9.45. The number of pyridine rings is 1. The summed E-state index contributed by atoms with van der Waals surface area (Å²) in [6.45, 7) is 1.72. The number of aromatic nitrogens is 1. The number of rotatable bonds is 3. The predicted molar refractivity (Wildman–Crippen MR) is 82.9 cm³/mol. The van der Waals surface area contributed by atoms with Crippen molar-refractivity contribution in [3.05, 3.63) is 66.5 Å². The summed E-state index contributed by atoms with van der Waals surface area (Å²) < 4.78 is 0. The van der Waals surface area contributed by atoms with E-state index in [-0.39, 0.29) is 0 Å². The van der Waals surface area contributed by atoms with Gasteiger partial charge in [0, 0.05) is 16.0 Å². The number of hydrogen-bond donors (Lipinski definition) is 1. The number of benzene rings is 2. The molecule has 0 aliphatic rings. The summed E-state index contributed by atoms with van der Waals surface area (Å²) in [4.78, 5) is 6.53. The predicted octanol–water partition coefficient (Wildman–Crippen LogP) is 4.44. The molecule has 100 valence electrons. The van der Waals surface area contributed by atoms with Gasteiger partial charge in [-0.05, 0) is 42.0 Å². The molecule has 2 nitrogen and oxygen atoms in total. The first-order chi connectivity index (χ1) is 9.72. The second kappa shape index (κ2) is 5.65. The fourth-order valence-electron chi connectivity index (χ4n) is 2.07. The normalized spacial score (nSPS) is 12.5. The van der Waals surface area contributed by atoms with E-state index < -0.39 is 6.10 Å². The Balaban J connectivity index is 1.85. The first-order valence-corrected chi connectivity index (χ1v) is 7.35. The lowest BCUT2D eigenvalue weighted by Crippen LogP contribution is -1.94. The lowest BCUT2D eigenvalue weighted by molar-refractivity contribution is 0.194. The van der Waals surface area contributed by atoms with E-state index in [0.29, 0.717) is 5.69 Å². The van der Waals surface area contributed by atoms with Gasteiger partial charge >= 0.3 is 0 Å². The fraction of sp³-hybridized carbons (Fsp3) is 0.118. The van der Waals surface area contributed by atoms with Crippen LogP contribution >= 0.6 is 11.8 Å². The van der Waals surface area contributed by atoms with Crippen molar-refractivity contribution in [2.75, 3.05) is 0 Å². The summed E-state index contributed by atoms with van der Waals surface area (Å²) in [5, 5.41) is 11.9. The van der Waals surface area contributed by atoms with Crippen LogP contribution in [-0.2, 0) is 0 Å². The molecule has 0 fully saturated rings. The number of aliphatic hydroxyl groups is 1. The van der Waals surface area contributed by atoms with Gasteiger partial charge < -0.3 is 5.11 Å². The molecule has 0 saturated carbocycles. The molecule has 3 rings (SSSR count). The SMILES string of the molecule is C[C@H](O)c1ccc(Sc2ccc3ccccc3c2)cn1. The van der Waals surface area contributed by atoms with Crippen LogP contribution in [0.25, 0.3) is 10.8 Å². The highest BCUT2D eigenvalue weighted by molar-refractivity contribution is 7.99. The van der Waals surface area contributed by atoms with Crippen molar-refractivity contribution < 1.29 is 5.11 Å². The topological polar surface area (TPSA) is 33.1 Å². The maximum Gasteiger partial charge on any atom is 0.0931 e. The van der Waals surface area contributed by atoms with Gasteiger partial charge in [0.25, 0.3) is 0 Å². The third-order valence-corrected chi connectivity index (χ3v) is 4.11. The zero-order chi connectivity index (χ0) is 13.9. The molecule has 0 aliphatic heterocycles. The third kappa shape index (κ3) is 2.84. The number of hydrogen-bond acceptors (Lipinski definition) is 3. The molecule has 3 heteroatoms. The maximum atomic E-state index is 9.45. The molecular formula is C17H15NOS.